The molecular weight excluding hydrogens is 329 g/mol. The normalized spacial score (nSPS) is 11.0. The number of hydrazine groups is 1. The summed E-state index contributed by atoms with van der Waals surface area (Å²) in [4.78, 5) is 11.9. The van der Waals surface area contributed by atoms with Gasteiger partial charge in [-0.25, -0.2) is 0 Å². The number of carbonyl (C=O) groups is 1. The monoisotopic (exact) mass is 340 g/mol. The number of nitrogens with one attached hydrogen (secondary N) is 2. The van der Waals surface area contributed by atoms with Crippen LogP contribution in [0.1, 0.15) is 21.5 Å². The molecule has 0 unspecified atom stereocenters. The first-order valence-electron chi connectivity index (χ1n) is 6.46. The summed E-state index contributed by atoms with van der Waals surface area (Å²) in [7, 11) is 0. The molecule has 23 heavy (non-hydrogen) atoms. The van der Waals surface area contributed by atoms with E-state index in [9.17, 15) is 18.0 Å². The van der Waals surface area contributed by atoms with E-state index in [1.165, 1.54) is 24.3 Å². The molecule has 0 aliphatic carbocycles. The zero-order valence-electron chi connectivity index (χ0n) is 11.7. The zero-order chi connectivity index (χ0) is 17.0. The minimum Gasteiger partial charge on any atom is -0.298 e. The number of halogens is 4. The van der Waals surface area contributed by atoms with Crippen molar-refractivity contribution < 1.29 is 18.0 Å². The van der Waals surface area contributed by atoms with Crippen LogP contribution < -0.4 is 10.9 Å². The SMILES string of the molecule is C=C(NNC(=O)c1ccc(Cl)cc1)c1cccc(C(F)(F)F)c1. The molecule has 0 atom stereocenters. The van der Waals surface area contributed by atoms with Crippen LogP contribution in [0.5, 0.6) is 0 Å². The fourth-order valence-electron chi connectivity index (χ4n) is 1.76. The Morgan fingerprint density at radius 2 is 1.65 bits per heavy atom. The largest absolute Gasteiger partial charge is 0.416 e. The molecule has 0 aliphatic heterocycles. The summed E-state index contributed by atoms with van der Waals surface area (Å²) in [5, 5.41) is 0.489. The molecule has 2 aromatic rings. The molecule has 0 radical (unpaired) electrons. The standard InChI is InChI=1S/C16H12ClF3N2O/c1-10(12-3-2-4-13(9-12)16(18,19)20)21-22-15(23)11-5-7-14(17)8-6-11/h2-9,21H,1H2,(H,22,23). The highest BCUT2D eigenvalue weighted by molar-refractivity contribution is 6.30. The lowest BCUT2D eigenvalue weighted by molar-refractivity contribution is -0.137. The van der Waals surface area contributed by atoms with Gasteiger partial charge in [0.2, 0.25) is 0 Å². The van der Waals surface area contributed by atoms with E-state index in [-0.39, 0.29) is 11.3 Å². The van der Waals surface area contributed by atoms with Gasteiger partial charge in [-0.15, -0.1) is 0 Å². The molecule has 2 aromatic carbocycles. The third-order valence-corrected chi connectivity index (χ3v) is 3.22. The van der Waals surface area contributed by atoms with E-state index in [4.69, 9.17) is 11.6 Å². The Bertz CT molecular complexity index is 727. The molecule has 0 aromatic heterocycles. The summed E-state index contributed by atoms with van der Waals surface area (Å²) in [6, 6.07) is 10.8. The van der Waals surface area contributed by atoms with E-state index in [1.54, 1.807) is 12.1 Å². The molecule has 2 N–H and O–H groups in total. The van der Waals surface area contributed by atoms with Crippen LogP contribution in [0.25, 0.3) is 5.70 Å². The van der Waals surface area contributed by atoms with Gasteiger partial charge in [-0.05, 0) is 42.0 Å². The maximum atomic E-state index is 12.7. The van der Waals surface area contributed by atoms with Crippen molar-refractivity contribution in [2.24, 2.45) is 0 Å². The van der Waals surface area contributed by atoms with Gasteiger partial charge < -0.3 is 0 Å². The van der Waals surface area contributed by atoms with Crippen LogP contribution >= 0.6 is 11.6 Å². The van der Waals surface area contributed by atoms with Crippen LogP contribution in [0.3, 0.4) is 0 Å². The van der Waals surface area contributed by atoms with E-state index >= 15 is 0 Å². The predicted octanol–water partition coefficient (Wildman–Crippen LogP) is 4.26. The third kappa shape index (κ3) is 4.50. The van der Waals surface area contributed by atoms with Gasteiger partial charge in [-0.1, -0.05) is 30.3 Å². The summed E-state index contributed by atoms with van der Waals surface area (Å²) in [5.74, 6) is -0.463. The molecule has 3 nitrogen and oxygen atoms in total. The molecule has 0 saturated carbocycles. The lowest BCUT2D eigenvalue weighted by atomic mass is 10.1. The van der Waals surface area contributed by atoms with Crippen molar-refractivity contribution in [3.8, 4) is 0 Å². The fraction of sp³-hybridized carbons (Fsp3) is 0.0625. The Morgan fingerprint density at radius 1 is 1.00 bits per heavy atom. The first-order chi connectivity index (χ1) is 10.8. The van der Waals surface area contributed by atoms with Crippen molar-refractivity contribution in [2.45, 2.75) is 6.18 Å². The number of rotatable bonds is 4. The Hall–Kier alpha value is -2.47. The van der Waals surface area contributed by atoms with Crippen molar-refractivity contribution in [1.82, 2.24) is 10.9 Å². The molecule has 0 saturated heterocycles. The van der Waals surface area contributed by atoms with E-state index in [2.05, 4.69) is 17.4 Å². The summed E-state index contributed by atoms with van der Waals surface area (Å²) in [5.41, 5.74) is 4.77. The first-order valence-corrected chi connectivity index (χ1v) is 6.83. The number of benzene rings is 2. The summed E-state index contributed by atoms with van der Waals surface area (Å²) in [6.45, 7) is 3.61. The third-order valence-electron chi connectivity index (χ3n) is 2.97. The van der Waals surface area contributed by atoms with Gasteiger partial charge in [-0.2, -0.15) is 13.2 Å². The van der Waals surface area contributed by atoms with Crippen LogP contribution in [0.15, 0.2) is 55.1 Å². The zero-order valence-corrected chi connectivity index (χ0v) is 12.5. The minimum atomic E-state index is -4.44. The van der Waals surface area contributed by atoms with Crippen LogP contribution in [0, 0.1) is 0 Å². The Kier molecular flexibility index (Phi) is 4.95. The summed E-state index contributed by atoms with van der Waals surface area (Å²) < 4.78 is 38.0. The average molecular weight is 341 g/mol. The lowest BCUT2D eigenvalue weighted by Crippen LogP contribution is -2.35. The lowest BCUT2D eigenvalue weighted by Gasteiger charge is -2.13. The molecule has 1 amide bonds. The maximum Gasteiger partial charge on any atom is 0.416 e. The molecule has 0 fully saturated rings. The molecule has 0 heterocycles. The van der Waals surface area contributed by atoms with E-state index in [1.807, 2.05) is 0 Å². The smallest absolute Gasteiger partial charge is 0.298 e. The number of amides is 1. The molecule has 0 aliphatic rings. The van der Waals surface area contributed by atoms with Gasteiger partial charge >= 0.3 is 6.18 Å². The molecule has 7 heteroatoms. The number of alkyl halides is 3. The van der Waals surface area contributed by atoms with Crippen LogP contribution in [-0.2, 0) is 6.18 Å². The highest BCUT2D eigenvalue weighted by Gasteiger charge is 2.30. The van der Waals surface area contributed by atoms with Crippen molar-refractivity contribution >= 4 is 23.2 Å². The number of hydrogen-bond acceptors (Lipinski definition) is 2. The molecule has 2 rings (SSSR count). The van der Waals surface area contributed by atoms with E-state index < -0.39 is 17.6 Å². The second-order valence-electron chi connectivity index (χ2n) is 4.64. The summed E-state index contributed by atoms with van der Waals surface area (Å²) >= 11 is 5.72. The van der Waals surface area contributed by atoms with Crippen LogP contribution in [-0.4, -0.2) is 5.91 Å². The number of hydrogen-bond donors (Lipinski definition) is 2. The Morgan fingerprint density at radius 3 is 2.26 bits per heavy atom. The van der Waals surface area contributed by atoms with E-state index in [0.29, 0.717) is 10.6 Å². The van der Waals surface area contributed by atoms with Crippen molar-refractivity contribution in [3.05, 3.63) is 76.8 Å². The van der Waals surface area contributed by atoms with Crippen LogP contribution in [0.2, 0.25) is 5.02 Å². The van der Waals surface area contributed by atoms with Gasteiger partial charge in [0.05, 0.1) is 11.3 Å². The highest BCUT2D eigenvalue weighted by Crippen LogP contribution is 2.30. The Balaban J connectivity index is 2.02. The van der Waals surface area contributed by atoms with Gasteiger partial charge in [0.25, 0.3) is 5.91 Å². The fourth-order valence-corrected chi connectivity index (χ4v) is 1.89. The van der Waals surface area contributed by atoms with Crippen molar-refractivity contribution in [3.63, 3.8) is 0 Å². The topological polar surface area (TPSA) is 41.1 Å². The minimum absolute atomic E-state index is 0.137. The molecular formula is C16H12ClF3N2O. The van der Waals surface area contributed by atoms with Crippen molar-refractivity contribution in [1.29, 1.82) is 0 Å². The van der Waals surface area contributed by atoms with Gasteiger partial charge in [0.1, 0.15) is 0 Å². The average Bonchev–Trinajstić information content (AvgIpc) is 2.52. The van der Waals surface area contributed by atoms with Gasteiger partial charge in [-0.3, -0.25) is 15.6 Å². The second kappa shape index (κ2) is 6.75. The van der Waals surface area contributed by atoms with Gasteiger partial charge in [0, 0.05) is 10.6 Å². The maximum absolute atomic E-state index is 12.7. The van der Waals surface area contributed by atoms with Crippen LogP contribution in [0.4, 0.5) is 13.2 Å². The number of carbonyl (C=O) groups excluding carboxylic acids is 1. The summed E-state index contributed by atoms with van der Waals surface area (Å²) in [6.07, 6.45) is -4.44. The predicted molar refractivity (Wildman–Crippen MR) is 82.5 cm³/mol. The highest BCUT2D eigenvalue weighted by atomic mass is 35.5. The quantitative estimate of drug-likeness (QED) is 0.816. The Labute approximate surface area is 135 Å². The second-order valence-corrected chi connectivity index (χ2v) is 5.08. The molecule has 0 spiro atoms. The first kappa shape index (κ1) is 16.9. The van der Waals surface area contributed by atoms with Crippen molar-refractivity contribution in [2.75, 3.05) is 0 Å². The van der Waals surface area contributed by atoms with Gasteiger partial charge in [0.15, 0.2) is 0 Å². The van der Waals surface area contributed by atoms with E-state index in [0.717, 1.165) is 12.1 Å². The molecule has 0 bridgehead atoms. The molecule has 120 valence electrons.